The fourth-order valence-corrected chi connectivity index (χ4v) is 3.03. The molecule has 4 rings (SSSR count). The monoisotopic (exact) mass is 353 g/mol. The summed E-state index contributed by atoms with van der Waals surface area (Å²) in [6, 6.07) is 26.0. The zero-order chi connectivity index (χ0) is 18.5. The van der Waals surface area contributed by atoms with Gasteiger partial charge in [0.2, 0.25) is 5.91 Å². The van der Waals surface area contributed by atoms with Crippen molar-refractivity contribution in [2.45, 2.75) is 6.42 Å². The summed E-state index contributed by atoms with van der Waals surface area (Å²) in [4.78, 5) is 16.6. The Morgan fingerprint density at radius 3 is 2.30 bits per heavy atom. The van der Waals surface area contributed by atoms with Crippen molar-refractivity contribution in [1.82, 2.24) is 9.55 Å². The summed E-state index contributed by atoms with van der Waals surface area (Å²) in [5.41, 5.74) is 4.95. The van der Waals surface area contributed by atoms with E-state index in [0.717, 1.165) is 22.5 Å². The van der Waals surface area contributed by atoms with E-state index in [1.54, 1.807) is 12.5 Å². The quantitative estimate of drug-likeness (QED) is 0.564. The van der Waals surface area contributed by atoms with E-state index in [2.05, 4.69) is 34.6 Å². The molecule has 1 amide bonds. The van der Waals surface area contributed by atoms with Crippen LogP contribution in [0.4, 0.5) is 5.69 Å². The van der Waals surface area contributed by atoms with E-state index in [-0.39, 0.29) is 5.91 Å². The van der Waals surface area contributed by atoms with Gasteiger partial charge in [-0.3, -0.25) is 4.79 Å². The summed E-state index contributed by atoms with van der Waals surface area (Å²) in [5.74, 6) is -0.0463. The number of para-hydroxylation sites is 2. The van der Waals surface area contributed by atoms with E-state index in [9.17, 15) is 4.79 Å². The van der Waals surface area contributed by atoms with Crippen molar-refractivity contribution < 1.29 is 4.79 Å². The average Bonchev–Trinajstić information content (AvgIpc) is 3.24. The Hall–Kier alpha value is -3.66. The number of nitrogens with one attached hydrogen (secondary N) is 1. The molecule has 3 aromatic carbocycles. The lowest BCUT2D eigenvalue weighted by Crippen LogP contribution is -2.15. The van der Waals surface area contributed by atoms with Gasteiger partial charge in [0.05, 0.1) is 24.1 Å². The first-order valence-electron chi connectivity index (χ1n) is 8.81. The highest BCUT2D eigenvalue weighted by molar-refractivity contribution is 5.94. The van der Waals surface area contributed by atoms with E-state index >= 15 is 0 Å². The van der Waals surface area contributed by atoms with Gasteiger partial charge in [-0.05, 0) is 28.8 Å². The maximum atomic E-state index is 12.5. The second-order valence-electron chi connectivity index (χ2n) is 6.28. The van der Waals surface area contributed by atoms with Crippen molar-refractivity contribution in [3.63, 3.8) is 0 Å². The van der Waals surface area contributed by atoms with Crippen LogP contribution < -0.4 is 5.32 Å². The number of hydrogen-bond acceptors (Lipinski definition) is 2. The third-order valence-electron chi connectivity index (χ3n) is 4.39. The van der Waals surface area contributed by atoms with Crippen LogP contribution in [0.1, 0.15) is 5.56 Å². The molecule has 1 heterocycles. The second-order valence-corrected chi connectivity index (χ2v) is 6.28. The third kappa shape index (κ3) is 3.96. The van der Waals surface area contributed by atoms with E-state index in [4.69, 9.17) is 0 Å². The Morgan fingerprint density at radius 2 is 1.56 bits per heavy atom. The van der Waals surface area contributed by atoms with Gasteiger partial charge in [-0.1, -0.05) is 66.7 Å². The van der Waals surface area contributed by atoms with Gasteiger partial charge >= 0.3 is 0 Å². The summed E-state index contributed by atoms with van der Waals surface area (Å²) in [6.45, 7) is 0. The second kappa shape index (κ2) is 7.70. The topological polar surface area (TPSA) is 46.9 Å². The van der Waals surface area contributed by atoms with Gasteiger partial charge in [0.25, 0.3) is 0 Å². The molecule has 0 atom stereocenters. The number of amides is 1. The lowest BCUT2D eigenvalue weighted by Gasteiger charge is -2.11. The number of carbonyl (C=O) groups is 1. The molecule has 27 heavy (non-hydrogen) atoms. The predicted molar refractivity (Wildman–Crippen MR) is 108 cm³/mol. The van der Waals surface area contributed by atoms with Crippen molar-refractivity contribution in [1.29, 1.82) is 0 Å². The van der Waals surface area contributed by atoms with Crippen LogP contribution in [0.25, 0.3) is 16.8 Å². The molecule has 4 heteroatoms. The van der Waals surface area contributed by atoms with Crippen molar-refractivity contribution in [3.8, 4) is 16.8 Å². The number of aromatic nitrogens is 2. The lowest BCUT2D eigenvalue weighted by atomic mass is 10.0. The molecule has 0 saturated carbocycles. The fraction of sp³-hybridized carbons (Fsp3) is 0.0435. The van der Waals surface area contributed by atoms with Crippen LogP contribution in [0.2, 0.25) is 0 Å². The lowest BCUT2D eigenvalue weighted by molar-refractivity contribution is -0.115. The Bertz CT molecular complexity index is 1020. The van der Waals surface area contributed by atoms with E-state index < -0.39 is 0 Å². The normalized spacial score (nSPS) is 10.5. The SMILES string of the molecule is O=C(Cc1ccc(-c2ccccc2)cc1)Nc1ccccc1-n1ccnc1. The molecule has 0 aliphatic heterocycles. The van der Waals surface area contributed by atoms with Crippen molar-refractivity contribution >= 4 is 11.6 Å². The van der Waals surface area contributed by atoms with E-state index in [1.807, 2.05) is 65.4 Å². The number of carbonyl (C=O) groups excluding carboxylic acids is 1. The van der Waals surface area contributed by atoms with Crippen LogP contribution in [-0.4, -0.2) is 15.5 Å². The summed E-state index contributed by atoms with van der Waals surface area (Å²) in [6.07, 6.45) is 5.61. The summed E-state index contributed by atoms with van der Waals surface area (Å²) in [7, 11) is 0. The molecule has 0 spiro atoms. The molecular formula is C23H19N3O. The van der Waals surface area contributed by atoms with Gasteiger partial charge < -0.3 is 9.88 Å². The van der Waals surface area contributed by atoms with Crippen molar-refractivity contribution in [2.75, 3.05) is 5.32 Å². The molecule has 0 saturated heterocycles. The third-order valence-corrected chi connectivity index (χ3v) is 4.39. The minimum Gasteiger partial charge on any atom is -0.324 e. The molecule has 1 N–H and O–H groups in total. The summed E-state index contributed by atoms with van der Waals surface area (Å²) < 4.78 is 1.88. The molecule has 0 aliphatic carbocycles. The Morgan fingerprint density at radius 1 is 0.852 bits per heavy atom. The number of imidazole rings is 1. The highest BCUT2D eigenvalue weighted by Gasteiger charge is 2.09. The maximum absolute atomic E-state index is 12.5. The number of rotatable bonds is 5. The summed E-state index contributed by atoms with van der Waals surface area (Å²) >= 11 is 0. The smallest absolute Gasteiger partial charge is 0.228 e. The number of nitrogens with zero attached hydrogens (tertiary/aromatic N) is 2. The highest BCUT2D eigenvalue weighted by Crippen LogP contribution is 2.21. The number of hydrogen-bond donors (Lipinski definition) is 1. The van der Waals surface area contributed by atoms with Crippen LogP contribution in [0.3, 0.4) is 0 Å². The number of benzene rings is 3. The van der Waals surface area contributed by atoms with Crippen LogP contribution in [0, 0.1) is 0 Å². The zero-order valence-corrected chi connectivity index (χ0v) is 14.7. The van der Waals surface area contributed by atoms with Crippen molar-refractivity contribution in [2.24, 2.45) is 0 Å². The molecule has 0 fully saturated rings. The largest absolute Gasteiger partial charge is 0.324 e. The summed E-state index contributed by atoms with van der Waals surface area (Å²) in [5, 5.41) is 3.01. The van der Waals surface area contributed by atoms with Crippen LogP contribution >= 0.6 is 0 Å². The van der Waals surface area contributed by atoms with Gasteiger partial charge in [0.15, 0.2) is 0 Å². The average molecular weight is 353 g/mol. The highest BCUT2D eigenvalue weighted by atomic mass is 16.1. The van der Waals surface area contributed by atoms with Gasteiger partial charge in [0.1, 0.15) is 0 Å². The molecule has 4 nitrogen and oxygen atoms in total. The Kier molecular flexibility index (Phi) is 4.79. The molecule has 0 unspecified atom stereocenters. The maximum Gasteiger partial charge on any atom is 0.228 e. The Balaban J connectivity index is 1.46. The number of anilines is 1. The minimum atomic E-state index is -0.0463. The standard InChI is InChI=1S/C23H19N3O/c27-23(25-21-8-4-5-9-22(21)26-15-14-24-17-26)16-18-10-12-20(13-11-18)19-6-2-1-3-7-19/h1-15,17H,16H2,(H,25,27). The first kappa shape index (κ1) is 16.8. The zero-order valence-electron chi connectivity index (χ0n) is 14.7. The molecule has 1 aromatic heterocycles. The molecular weight excluding hydrogens is 334 g/mol. The van der Waals surface area contributed by atoms with Gasteiger partial charge in [-0.25, -0.2) is 4.98 Å². The van der Waals surface area contributed by atoms with Gasteiger partial charge in [-0.2, -0.15) is 0 Å². The fourth-order valence-electron chi connectivity index (χ4n) is 3.03. The molecule has 0 aliphatic rings. The molecule has 132 valence electrons. The van der Waals surface area contributed by atoms with Crippen molar-refractivity contribution in [3.05, 3.63) is 103 Å². The molecule has 0 bridgehead atoms. The van der Waals surface area contributed by atoms with Crippen LogP contribution in [0.15, 0.2) is 97.6 Å². The van der Waals surface area contributed by atoms with Gasteiger partial charge in [-0.15, -0.1) is 0 Å². The van der Waals surface area contributed by atoms with Crippen LogP contribution in [-0.2, 0) is 11.2 Å². The molecule has 4 aromatic rings. The molecule has 0 radical (unpaired) electrons. The Labute approximate surface area is 158 Å². The first-order chi connectivity index (χ1) is 13.3. The van der Waals surface area contributed by atoms with E-state index in [1.165, 1.54) is 5.56 Å². The van der Waals surface area contributed by atoms with Gasteiger partial charge in [0, 0.05) is 12.4 Å². The van der Waals surface area contributed by atoms with Crippen LogP contribution in [0.5, 0.6) is 0 Å². The van der Waals surface area contributed by atoms with E-state index in [0.29, 0.717) is 6.42 Å². The first-order valence-corrected chi connectivity index (χ1v) is 8.81. The minimum absolute atomic E-state index is 0.0463. The predicted octanol–water partition coefficient (Wildman–Crippen LogP) is 4.72.